The number of thiophene rings is 1. The number of benzene rings is 1. The maximum absolute atomic E-state index is 12.8. The van der Waals surface area contributed by atoms with Crippen LogP contribution in [0.2, 0.25) is 0 Å². The van der Waals surface area contributed by atoms with Crippen molar-refractivity contribution in [1.82, 2.24) is 4.90 Å². The van der Waals surface area contributed by atoms with Crippen LogP contribution < -0.4 is 5.73 Å². The van der Waals surface area contributed by atoms with Gasteiger partial charge in [0.05, 0.1) is 5.69 Å². The van der Waals surface area contributed by atoms with E-state index in [0.29, 0.717) is 10.6 Å². The Morgan fingerprint density at radius 2 is 1.95 bits per heavy atom. The fraction of sp³-hybridized carbons (Fsp3) is 0.471. The first-order chi connectivity index (χ1) is 9.62. The van der Waals surface area contributed by atoms with Gasteiger partial charge in [0, 0.05) is 23.2 Å². The van der Waals surface area contributed by atoms with Crippen LogP contribution in [0.3, 0.4) is 0 Å². The summed E-state index contributed by atoms with van der Waals surface area (Å²) >= 11 is 1.49. The number of aryl methyl sites for hydroxylation is 1. The zero-order valence-electron chi connectivity index (χ0n) is 13.7. The molecule has 0 saturated heterocycles. The van der Waals surface area contributed by atoms with Crippen molar-refractivity contribution >= 4 is 33.0 Å². The second-order valence-electron chi connectivity index (χ2n) is 6.80. The second kappa shape index (κ2) is 5.34. The third-order valence-electron chi connectivity index (χ3n) is 4.23. The minimum Gasteiger partial charge on any atom is -0.397 e. The average Bonchev–Trinajstić information content (AvgIpc) is 2.71. The standard InChI is InChI=1S/C17H24N2OS/c1-10-7-8-12-13(9-10)21-15(14(12)18)16(20)19(6)11(2)17(3,4)5/h7-9,11H,18H2,1-6H3. The van der Waals surface area contributed by atoms with Crippen LogP contribution in [0.5, 0.6) is 0 Å². The zero-order valence-corrected chi connectivity index (χ0v) is 14.5. The Kier molecular flexibility index (Phi) is 4.02. The molecule has 0 spiro atoms. The van der Waals surface area contributed by atoms with Crippen LogP contribution in [0.1, 0.15) is 42.9 Å². The number of amides is 1. The monoisotopic (exact) mass is 304 g/mol. The minimum absolute atomic E-state index is 0.00813. The van der Waals surface area contributed by atoms with Gasteiger partial charge in [0.2, 0.25) is 0 Å². The van der Waals surface area contributed by atoms with E-state index in [4.69, 9.17) is 5.73 Å². The summed E-state index contributed by atoms with van der Waals surface area (Å²) in [6.45, 7) is 10.5. The minimum atomic E-state index is 0.00813. The molecule has 1 aromatic carbocycles. The Morgan fingerprint density at radius 3 is 2.52 bits per heavy atom. The lowest BCUT2D eigenvalue weighted by Gasteiger charge is -2.35. The largest absolute Gasteiger partial charge is 0.397 e. The van der Waals surface area contributed by atoms with Gasteiger partial charge >= 0.3 is 0 Å². The summed E-state index contributed by atoms with van der Waals surface area (Å²) in [6, 6.07) is 6.25. The molecule has 0 saturated carbocycles. The highest BCUT2D eigenvalue weighted by molar-refractivity contribution is 7.21. The van der Waals surface area contributed by atoms with Crippen molar-refractivity contribution in [3.8, 4) is 0 Å². The number of hydrogen-bond acceptors (Lipinski definition) is 3. The molecule has 4 heteroatoms. The number of fused-ring (bicyclic) bond motifs is 1. The number of nitrogens with two attached hydrogens (primary N) is 1. The van der Waals surface area contributed by atoms with Crippen molar-refractivity contribution in [3.63, 3.8) is 0 Å². The average molecular weight is 304 g/mol. The van der Waals surface area contributed by atoms with Crippen molar-refractivity contribution in [2.24, 2.45) is 5.41 Å². The number of rotatable bonds is 2. The highest BCUT2D eigenvalue weighted by Gasteiger charge is 2.29. The van der Waals surface area contributed by atoms with Crippen LogP contribution in [0.4, 0.5) is 5.69 Å². The molecule has 1 heterocycles. The van der Waals surface area contributed by atoms with E-state index in [9.17, 15) is 4.79 Å². The highest BCUT2D eigenvalue weighted by Crippen LogP contribution is 2.36. The summed E-state index contributed by atoms with van der Waals surface area (Å²) in [5.41, 5.74) is 8.02. The van der Waals surface area contributed by atoms with Crippen LogP contribution >= 0.6 is 11.3 Å². The summed E-state index contributed by atoms with van der Waals surface area (Å²) in [5, 5.41) is 0.978. The molecule has 1 aromatic heterocycles. The summed E-state index contributed by atoms with van der Waals surface area (Å²) in [6.07, 6.45) is 0. The van der Waals surface area contributed by atoms with Crippen molar-refractivity contribution in [3.05, 3.63) is 28.6 Å². The summed E-state index contributed by atoms with van der Waals surface area (Å²) in [4.78, 5) is 15.2. The van der Waals surface area contributed by atoms with E-state index in [1.807, 2.05) is 26.1 Å². The van der Waals surface area contributed by atoms with Crippen LogP contribution in [0.15, 0.2) is 18.2 Å². The summed E-state index contributed by atoms with van der Waals surface area (Å²) < 4.78 is 1.08. The number of carbonyl (C=O) groups excluding carboxylic acids is 1. The predicted octanol–water partition coefficient (Wildman–Crippen LogP) is 4.30. The quantitative estimate of drug-likeness (QED) is 0.899. The molecule has 0 aliphatic heterocycles. The molecule has 1 amide bonds. The lowest BCUT2D eigenvalue weighted by Crippen LogP contribution is -2.42. The molecule has 1 atom stereocenters. The highest BCUT2D eigenvalue weighted by atomic mass is 32.1. The molecule has 21 heavy (non-hydrogen) atoms. The lowest BCUT2D eigenvalue weighted by molar-refractivity contribution is 0.0635. The van der Waals surface area contributed by atoms with E-state index in [2.05, 4.69) is 33.8 Å². The van der Waals surface area contributed by atoms with Crippen LogP contribution in [-0.4, -0.2) is 23.9 Å². The van der Waals surface area contributed by atoms with Gasteiger partial charge < -0.3 is 10.6 Å². The molecule has 0 bridgehead atoms. The van der Waals surface area contributed by atoms with Crippen molar-refractivity contribution in [2.75, 3.05) is 12.8 Å². The van der Waals surface area contributed by atoms with E-state index in [-0.39, 0.29) is 17.4 Å². The third kappa shape index (κ3) is 2.91. The normalized spacial score (nSPS) is 13.4. The van der Waals surface area contributed by atoms with Gasteiger partial charge in [-0.1, -0.05) is 32.9 Å². The molecule has 0 aliphatic rings. The van der Waals surface area contributed by atoms with Gasteiger partial charge in [-0.3, -0.25) is 4.79 Å². The maximum atomic E-state index is 12.8. The molecule has 2 aromatic rings. The molecule has 2 rings (SSSR count). The van der Waals surface area contributed by atoms with Crippen LogP contribution in [0, 0.1) is 12.3 Å². The number of hydrogen-bond donors (Lipinski definition) is 1. The van der Waals surface area contributed by atoms with E-state index in [0.717, 1.165) is 10.1 Å². The fourth-order valence-electron chi connectivity index (χ4n) is 2.30. The first-order valence-corrected chi connectivity index (χ1v) is 8.00. The molecule has 0 fully saturated rings. The molecular formula is C17H24N2OS. The molecule has 3 nitrogen and oxygen atoms in total. The van der Waals surface area contributed by atoms with Gasteiger partial charge in [0.25, 0.3) is 5.91 Å². The van der Waals surface area contributed by atoms with E-state index in [1.54, 1.807) is 4.90 Å². The van der Waals surface area contributed by atoms with Gasteiger partial charge in [-0.2, -0.15) is 0 Å². The first kappa shape index (κ1) is 15.8. The molecule has 114 valence electrons. The first-order valence-electron chi connectivity index (χ1n) is 7.18. The smallest absolute Gasteiger partial charge is 0.266 e. The van der Waals surface area contributed by atoms with Crippen molar-refractivity contribution < 1.29 is 4.79 Å². The maximum Gasteiger partial charge on any atom is 0.266 e. The van der Waals surface area contributed by atoms with E-state index >= 15 is 0 Å². The molecule has 0 radical (unpaired) electrons. The van der Waals surface area contributed by atoms with Crippen LogP contribution in [-0.2, 0) is 0 Å². The van der Waals surface area contributed by atoms with Gasteiger partial charge in [-0.05, 0) is 30.9 Å². The van der Waals surface area contributed by atoms with Gasteiger partial charge in [0.1, 0.15) is 4.88 Å². The lowest BCUT2D eigenvalue weighted by atomic mass is 9.87. The van der Waals surface area contributed by atoms with Crippen LogP contribution in [0.25, 0.3) is 10.1 Å². The Bertz CT molecular complexity index is 682. The topological polar surface area (TPSA) is 46.3 Å². The summed E-state index contributed by atoms with van der Waals surface area (Å²) in [7, 11) is 1.85. The number of anilines is 1. The Balaban J connectivity index is 2.42. The Morgan fingerprint density at radius 1 is 1.33 bits per heavy atom. The molecule has 2 N–H and O–H groups in total. The van der Waals surface area contributed by atoms with Crippen molar-refractivity contribution in [1.29, 1.82) is 0 Å². The number of carbonyl (C=O) groups is 1. The third-order valence-corrected chi connectivity index (χ3v) is 5.39. The fourth-order valence-corrected chi connectivity index (χ4v) is 3.50. The predicted molar refractivity (Wildman–Crippen MR) is 92.0 cm³/mol. The van der Waals surface area contributed by atoms with Gasteiger partial charge in [-0.25, -0.2) is 0 Å². The molecular weight excluding hydrogens is 280 g/mol. The van der Waals surface area contributed by atoms with Gasteiger partial charge in [-0.15, -0.1) is 11.3 Å². The second-order valence-corrected chi connectivity index (χ2v) is 7.85. The molecule has 0 aliphatic carbocycles. The summed E-state index contributed by atoms with van der Waals surface area (Å²) in [5.74, 6) is 0.00813. The van der Waals surface area contributed by atoms with E-state index in [1.165, 1.54) is 16.9 Å². The van der Waals surface area contributed by atoms with Gasteiger partial charge in [0.15, 0.2) is 0 Å². The van der Waals surface area contributed by atoms with E-state index < -0.39 is 0 Å². The number of nitrogens with zero attached hydrogens (tertiary/aromatic N) is 1. The number of nitrogen functional groups attached to an aromatic ring is 1. The SMILES string of the molecule is Cc1ccc2c(N)c(C(=O)N(C)C(C)C(C)(C)C)sc2c1. The Hall–Kier alpha value is -1.55. The van der Waals surface area contributed by atoms with Crippen molar-refractivity contribution in [2.45, 2.75) is 40.7 Å². The Labute approximate surface area is 130 Å². The molecule has 1 unspecified atom stereocenters. The zero-order chi connectivity index (χ0) is 15.9.